The quantitative estimate of drug-likeness (QED) is 0.692. The molecule has 1 aromatic carbocycles. The van der Waals surface area contributed by atoms with Gasteiger partial charge in [0.1, 0.15) is 5.75 Å². The van der Waals surface area contributed by atoms with E-state index in [-0.39, 0.29) is 12.1 Å². The average molecular weight is 294 g/mol. The molecule has 0 fully saturated rings. The van der Waals surface area contributed by atoms with Crippen molar-refractivity contribution in [3.63, 3.8) is 0 Å². The Hall–Kier alpha value is -1.10. The van der Waals surface area contributed by atoms with E-state index in [9.17, 15) is 5.11 Å². The number of aliphatic hydroxyl groups is 1. The molecule has 0 aromatic heterocycles. The number of aliphatic hydroxyl groups excluding tert-OH is 1. The molecule has 0 spiro atoms. The molecule has 0 heterocycles. The van der Waals surface area contributed by atoms with Gasteiger partial charge in [-0.25, -0.2) is 0 Å². The van der Waals surface area contributed by atoms with Crippen molar-refractivity contribution in [2.45, 2.75) is 32.7 Å². The van der Waals surface area contributed by atoms with Gasteiger partial charge in [-0.3, -0.25) is 0 Å². The van der Waals surface area contributed by atoms with Gasteiger partial charge in [-0.1, -0.05) is 26.0 Å². The SMILES string of the molecule is CCN(CC)CCNC(C)(CO)Cc1ccc(OC)cc1. The van der Waals surface area contributed by atoms with Crippen LogP contribution >= 0.6 is 0 Å². The second kappa shape index (κ2) is 9.03. The van der Waals surface area contributed by atoms with Crippen LogP contribution in [0.25, 0.3) is 0 Å². The predicted octanol–water partition coefficient (Wildman–Crippen LogP) is 1.92. The van der Waals surface area contributed by atoms with Crippen LogP contribution in [0.15, 0.2) is 24.3 Å². The molecular weight excluding hydrogens is 264 g/mol. The molecule has 0 saturated heterocycles. The van der Waals surface area contributed by atoms with Gasteiger partial charge in [0.2, 0.25) is 0 Å². The summed E-state index contributed by atoms with van der Waals surface area (Å²) in [5.41, 5.74) is 0.907. The number of hydrogen-bond donors (Lipinski definition) is 2. The number of hydrogen-bond acceptors (Lipinski definition) is 4. The van der Waals surface area contributed by atoms with Crippen molar-refractivity contribution in [1.29, 1.82) is 0 Å². The van der Waals surface area contributed by atoms with Crippen LogP contribution in [0.2, 0.25) is 0 Å². The molecule has 1 unspecified atom stereocenters. The molecule has 0 saturated carbocycles. The fourth-order valence-corrected chi connectivity index (χ4v) is 2.42. The first-order valence-electron chi connectivity index (χ1n) is 7.78. The number of rotatable bonds is 10. The summed E-state index contributed by atoms with van der Waals surface area (Å²) < 4.78 is 5.17. The van der Waals surface area contributed by atoms with E-state index in [4.69, 9.17) is 4.74 Å². The molecule has 0 aliphatic heterocycles. The standard InChI is InChI=1S/C17H30N2O2/c1-5-19(6-2)12-11-18-17(3,14-20)13-15-7-9-16(21-4)10-8-15/h7-10,18,20H,5-6,11-14H2,1-4H3. The lowest BCUT2D eigenvalue weighted by Crippen LogP contribution is -2.50. The van der Waals surface area contributed by atoms with Gasteiger partial charge in [0.25, 0.3) is 0 Å². The van der Waals surface area contributed by atoms with E-state index in [0.29, 0.717) is 0 Å². The van der Waals surface area contributed by atoms with Crippen LogP contribution in [0, 0.1) is 0 Å². The Labute approximate surface area is 129 Å². The topological polar surface area (TPSA) is 44.7 Å². The van der Waals surface area contributed by atoms with Gasteiger partial charge >= 0.3 is 0 Å². The Morgan fingerprint density at radius 2 is 1.81 bits per heavy atom. The summed E-state index contributed by atoms with van der Waals surface area (Å²) >= 11 is 0. The molecule has 0 aliphatic rings. The summed E-state index contributed by atoms with van der Waals surface area (Å²) in [7, 11) is 1.67. The monoisotopic (exact) mass is 294 g/mol. The molecule has 1 aromatic rings. The van der Waals surface area contributed by atoms with Gasteiger partial charge in [0.15, 0.2) is 0 Å². The van der Waals surface area contributed by atoms with E-state index < -0.39 is 0 Å². The predicted molar refractivity (Wildman–Crippen MR) is 88.0 cm³/mol. The van der Waals surface area contributed by atoms with Crippen LogP contribution in [0.4, 0.5) is 0 Å². The molecular formula is C17H30N2O2. The van der Waals surface area contributed by atoms with Crippen molar-refractivity contribution in [1.82, 2.24) is 10.2 Å². The molecule has 0 aliphatic carbocycles. The maximum absolute atomic E-state index is 9.73. The molecule has 1 rings (SSSR count). The summed E-state index contributed by atoms with van der Waals surface area (Å²) in [6.45, 7) is 10.5. The first kappa shape index (κ1) is 18.0. The molecule has 0 amide bonds. The fourth-order valence-electron chi connectivity index (χ4n) is 2.42. The molecule has 21 heavy (non-hydrogen) atoms. The molecule has 4 heteroatoms. The summed E-state index contributed by atoms with van der Waals surface area (Å²) in [6, 6.07) is 8.03. The van der Waals surface area contributed by atoms with E-state index >= 15 is 0 Å². The van der Waals surface area contributed by atoms with Crippen LogP contribution in [-0.4, -0.2) is 55.4 Å². The Kier molecular flexibility index (Phi) is 7.72. The second-order valence-electron chi connectivity index (χ2n) is 5.70. The number of benzene rings is 1. The Morgan fingerprint density at radius 3 is 2.29 bits per heavy atom. The number of nitrogens with one attached hydrogen (secondary N) is 1. The van der Waals surface area contributed by atoms with Crippen molar-refractivity contribution in [3.05, 3.63) is 29.8 Å². The van der Waals surface area contributed by atoms with Crippen LogP contribution in [0.3, 0.4) is 0 Å². The minimum Gasteiger partial charge on any atom is -0.497 e. The molecule has 2 N–H and O–H groups in total. The van der Waals surface area contributed by atoms with Crippen molar-refractivity contribution < 1.29 is 9.84 Å². The van der Waals surface area contributed by atoms with Crippen LogP contribution in [0.5, 0.6) is 5.75 Å². The Morgan fingerprint density at radius 1 is 1.19 bits per heavy atom. The maximum Gasteiger partial charge on any atom is 0.118 e. The maximum atomic E-state index is 9.73. The molecule has 0 bridgehead atoms. The van der Waals surface area contributed by atoms with Crippen molar-refractivity contribution in [2.75, 3.05) is 39.9 Å². The zero-order valence-electron chi connectivity index (χ0n) is 13.9. The molecule has 1 atom stereocenters. The third kappa shape index (κ3) is 6.04. The number of nitrogens with zero attached hydrogens (tertiary/aromatic N) is 1. The van der Waals surface area contributed by atoms with Crippen LogP contribution < -0.4 is 10.1 Å². The van der Waals surface area contributed by atoms with Crippen molar-refractivity contribution >= 4 is 0 Å². The van der Waals surface area contributed by atoms with Crippen molar-refractivity contribution in [3.8, 4) is 5.75 Å². The lowest BCUT2D eigenvalue weighted by molar-refractivity contribution is 0.167. The Balaban J connectivity index is 2.53. The lowest BCUT2D eigenvalue weighted by atomic mass is 9.93. The van der Waals surface area contributed by atoms with Gasteiger partial charge in [0, 0.05) is 18.6 Å². The second-order valence-corrected chi connectivity index (χ2v) is 5.70. The smallest absolute Gasteiger partial charge is 0.118 e. The lowest BCUT2D eigenvalue weighted by Gasteiger charge is -2.30. The fraction of sp³-hybridized carbons (Fsp3) is 0.647. The third-order valence-electron chi connectivity index (χ3n) is 3.98. The first-order valence-corrected chi connectivity index (χ1v) is 7.78. The van der Waals surface area contributed by atoms with Gasteiger partial charge in [0.05, 0.1) is 13.7 Å². The minimum atomic E-state index is -0.290. The van der Waals surface area contributed by atoms with Gasteiger partial charge in [-0.15, -0.1) is 0 Å². The third-order valence-corrected chi connectivity index (χ3v) is 3.98. The largest absolute Gasteiger partial charge is 0.497 e. The summed E-state index contributed by atoms with van der Waals surface area (Å²) in [6.07, 6.45) is 0.797. The highest BCUT2D eigenvalue weighted by Crippen LogP contribution is 2.16. The van der Waals surface area contributed by atoms with E-state index in [2.05, 4.69) is 43.1 Å². The highest BCUT2D eigenvalue weighted by atomic mass is 16.5. The van der Waals surface area contributed by atoms with Gasteiger partial charge in [-0.2, -0.15) is 0 Å². The van der Waals surface area contributed by atoms with Gasteiger partial charge < -0.3 is 20.1 Å². The van der Waals surface area contributed by atoms with Crippen LogP contribution in [0.1, 0.15) is 26.3 Å². The zero-order chi connectivity index (χ0) is 15.7. The van der Waals surface area contributed by atoms with E-state index in [1.165, 1.54) is 5.56 Å². The molecule has 0 radical (unpaired) electrons. The zero-order valence-corrected chi connectivity index (χ0v) is 13.9. The molecule has 120 valence electrons. The molecule has 4 nitrogen and oxygen atoms in total. The van der Waals surface area contributed by atoms with Gasteiger partial charge in [-0.05, 0) is 44.1 Å². The minimum absolute atomic E-state index is 0.122. The normalized spacial score (nSPS) is 14.2. The first-order chi connectivity index (χ1) is 10.1. The average Bonchev–Trinajstić information content (AvgIpc) is 2.52. The van der Waals surface area contributed by atoms with Crippen molar-refractivity contribution in [2.24, 2.45) is 0 Å². The Bertz CT molecular complexity index is 390. The number of ether oxygens (including phenoxy) is 1. The summed E-state index contributed by atoms with van der Waals surface area (Å²) in [5, 5.41) is 13.2. The van der Waals surface area contributed by atoms with Crippen LogP contribution in [-0.2, 0) is 6.42 Å². The van der Waals surface area contributed by atoms with E-state index in [1.807, 2.05) is 12.1 Å². The number of methoxy groups -OCH3 is 1. The summed E-state index contributed by atoms with van der Waals surface area (Å²) in [5.74, 6) is 0.860. The number of likely N-dealkylation sites (N-methyl/N-ethyl adjacent to an activating group) is 1. The van der Waals surface area contributed by atoms with E-state index in [1.54, 1.807) is 7.11 Å². The summed E-state index contributed by atoms with van der Waals surface area (Å²) in [4.78, 5) is 2.37. The highest BCUT2D eigenvalue weighted by Gasteiger charge is 2.23. The highest BCUT2D eigenvalue weighted by molar-refractivity contribution is 5.28. The van der Waals surface area contributed by atoms with E-state index in [0.717, 1.165) is 38.3 Å².